The van der Waals surface area contributed by atoms with Gasteiger partial charge in [0.15, 0.2) is 5.65 Å². The summed E-state index contributed by atoms with van der Waals surface area (Å²) in [6.45, 7) is 9.90. The van der Waals surface area contributed by atoms with Crippen LogP contribution in [0.4, 0.5) is 0 Å². The Labute approximate surface area is 183 Å². The Balaban J connectivity index is 1.34. The molecule has 2 aromatic rings. The first-order valence-corrected chi connectivity index (χ1v) is 12.2. The summed E-state index contributed by atoms with van der Waals surface area (Å²) >= 11 is 0. The average Bonchev–Trinajstić information content (AvgIpc) is 3.36. The maximum atomic E-state index is 13.3. The summed E-state index contributed by atoms with van der Waals surface area (Å²) in [4.78, 5) is 35.1. The molecule has 3 aliphatic rings. The number of fused-ring (bicyclic) bond motifs is 2. The highest BCUT2D eigenvalue weighted by molar-refractivity contribution is 5.81. The Morgan fingerprint density at radius 1 is 1.23 bits per heavy atom. The predicted octanol–water partition coefficient (Wildman–Crippen LogP) is 2.93. The number of amides is 1. The molecule has 0 aromatic carbocycles. The number of piperidine rings is 1. The molecule has 2 aromatic heterocycles. The van der Waals surface area contributed by atoms with Crippen molar-refractivity contribution < 1.29 is 4.79 Å². The van der Waals surface area contributed by atoms with Gasteiger partial charge in [-0.15, -0.1) is 0 Å². The maximum absolute atomic E-state index is 13.3. The number of carbonyl (C=O) groups is 1. The van der Waals surface area contributed by atoms with Gasteiger partial charge < -0.3 is 4.90 Å². The van der Waals surface area contributed by atoms with E-state index in [1.807, 2.05) is 4.90 Å². The third kappa shape index (κ3) is 3.71. The molecule has 0 bridgehead atoms. The van der Waals surface area contributed by atoms with Crippen LogP contribution in [0.1, 0.15) is 75.7 Å². The molecule has 0 unspecified atom stereocenters. The third-order valence-corrected chi connectivity index (χ3v) is 7.94. The van der Waals surface area contributed by atoms with E-state index < -0.39 is 0 Å². The molecule has 31 heavy (non-hydrogen) atoms. The van der Waals surface area contributed by atoms with Crippen LogP contribution >= 0.6 is 0 Å². The van der Waals surface area contributed by atoms with Crippen LogP contribution in [0.3, 0.4) is 0 Å². The van der Waals surface area contributed by atoms with E-state index in [1.165, 1.54) is 0 Å². The first-order chi connectivity index (χ1) is 15.0. The lowest BCUT2D eigenvalue weighted by atomic mass is 9.93. The number of carbonyl (C=O) groups excluding carboxylic acids is 1. The van der Waals surface area contributed by atoms with Crippen LogP contribution < -0.4 is 5.56 Å². The zero-order valence-corrected chi connectivity index (χ0v) is 19.1. The van der Waals surface area contributed by atoms with Gasteiger partial charge in [-0.1, -0.05) is 20.8 Å². The van der Waals surface area contributed by atoms with Gasteiger partial charge in [-0.05, 0) is 38.0 Å². The third-order valence-electron chi connectivity index (χ3n) is 7.94. The van der Waals surface area contributed by atoms with E-state index in [0.717, 1.165) is 80.8 Å². The first kappa shape index (κ1) is 20.7. The largest absolute Gasteiger partial charge is 0.342 e. The van der Waals surface area contributed by atoms with Crippen molar-refractivity contribution in [1.82, 2.24) is 24.4 Å². The second kappa shape index (κ2) is 8.08. The van der Waals surface area contributed by atoms with Crippen molar-refractivity contribution in [3.05, 3.63) is 33.4 Å². The van der Waals surface area contributed by atoms with Crippen LogP contribution in [0, 0.1) is 11.8 Å². The minimum absolute atomic E-state index is 0.0530. The van der Waals surface area contributed by atoms with E-state index in [2.05, 4.69) is 36.8 Å². The van der Waals surface area contributed by atoms with Crippen molar-refractivity contribution in [3.63, 3.8) is 0 Å². The van der Waals surface area contributed by atoms with Crippen LogP contribution in [-0.4, -0.2) is 56.0 Å². The summed E-state index contributed by atoms with van der Waals surface area (Å²) in [5, 5.41) is 3.36. The summed E-state index contributed by atoms with van der Waals surface area (Å²) in [7, 11) is 0. The number of hydrogen-bond donors (Lipinski definition) is 1. The van der Waals surface area contributed by atoms with Gasteiger partial charge in [-0.3, -0.25) is 19.6 Å². The number of aromatic amines is 1. The van der Waals surface area contributed by atoms with E-state index in [-0.39, 0.29) is 11.5 Å². The van der Waals surface area contributed by atoms with Crippen LogP contribution in [-0.2, 0) is 17.8 Å². The lowest BCUT2D eigenvalue weighted by Crippen LogP contribution is -2.42. The van der Waals surface area contributed by atoms with E-state index in [9.17, 15) is 9.59 Å². The van der Waals surface area contributed by atoms with Gasteiger partial charge in [0, 0.05) is 62.2 Å². The second-order valence-electron chi connectivity index (χ2n) is 9.86. The maximum Gasteiger partial charge on any atom is 0.277 e. The second-order valence-corrected chi connectivity index (χ2v) is 9.86. The Morgan fingerprint density at radius 3 is 2.58 bits per heavy atom. The molecule has 5 rings (SSSR count). The van der Waals surface area contributed by atoms with Crippen molar-refractivity contribution in [2.75, 3.05) is 19.6 Å². The van der Waals surface area contributed by atoms with Crippen LogP contribution in [0.25, 0.3) is 5.65 Å². The van der Waals surface area contributed by atoms with Gasteiger partial charge in [-0.25, -0.2) is 9.50 Å². The number of aromatic nitrogens is 3. The summed E-state index contributed by atoms with van der Waals surface area (Å²) in [6, 6.07) is 2.58. The van der Waals surface area contributed by atoms with E-state index in [4.69, 9.17) is 4.98 Å². The van der Waals surface area contributed by atoms with Gasteiger partial charge in [0.25, 0.3) is 5.56 Å². The molecule has 1 saturated carbocycles. The number of H-pyrrole nitrogens is 1. The lowest BCUT2D eigenvalue weighted by Gasteiger charge is -2.33. The van der Waals surface area contributed by atoms with Crippen molar-refractivity contribution >= 4 is 11.6 Å². The molecule has 7 nitrogen and oxygen atoms in total. The molecule has 0 spiro atoms. The Bertz CT molecular complexity index is 1030. The van der Waals surface area contributed by atoms with Crippen molar-refractivity contribution in [2.45, 2.75) is 77.8 Å². The van der Waals surface area contributed by atoms with E-state index in [1.54, 1.807) is 4.52 Å². The highest BCUT2D eigenvalue weighted by atomic mass is 16.2. The number of likely N-dealkylation sites (tertiary alicyclic amines) is 1. The molecule has 1 amide bonds. The molecule has 4 heterocycles. The minimum atomic E-state index is 0.0530. The summed E-state index contributed by atoms with van der Waals surface area (Å²) < 4.78 is 1.65. The van der Waals surface area contributed by atoms with Crippen LogP contribution in [0.15, 0.2) is 10.9 Å². The fourth-order valence-corrected chi connectivity index (χ4v) is 5.66. The molecule has 1 N–H and O–H groups in total. The van der Waals surface area contributed by atoms with Crippen LogP contribution in [0.2, 0.25) is 0 Å². The van der Waals surface area contributed by atoms with Crippen molar-refractivity contribution in [2.24, 2.45) is 11.8 Å². The lowest BCUT2D eigenvalue weighted by molar-refractivity contribution is -0.133. The van der Waals surface area contributed by atoms with Crippen molar-refractivity contribution in [1.29, 1.82) is 0 Å². The van der Waals surface area contributed by atoms with Gasteiger partial charge in [0.2, 0.25) is 5.91 Å². The topological polar surface area (TPSA) is 73.7 Å². The van der Waals surface area contributed by atoms with E-state index in [0.29, 0.717) is 30.3 Å². The highest BCUT2D eigenvalue weighted by Gasteiger charge is 2.42. The number of rotatable bonds is 5. The summed E-state index contributed by atoms with van der Waals surface area (Å²) in [5.74, 6) is 1.51. The summed E-state index contributed by atoms with van der Waals surface area (Å²) in [5.41, 5.74) is 3.69. The molecule has 2 aliphatic heterocycles. The molecule has 2 atom stereocenters. The normalized spacial score (nSPS) is 24.7. The molecule has 1 aliphatic carbocycles. The monoisotopic (exact) mass is 425 g/mol. The van der Waals surface area contributed by atoms with Gasteiger partial charge in [0.1, 0.15) is 0 Å². The fraction of sp³-hybridized carbons (Fsp3) is 0.708. The molecule has 7 heteroatoms. The zero-order chi connectivity index (χ0) is 21.7. The Morgan fingerprint density at radius 2 is 1.94 bits per heavy atom. The van der Waals surface area contributed by atoms with Gasteiger partial charge >= 0.3 is 0 Å². The Kier molecular flexibility index (Phi) is 5.40. The number of nitrogens with one attached hydrogen (secondary N) is 1. The molecular formula is C24H35N5O2. The molecule has 1 saturated heterocycles. The number of nitrogens with zero attached hydrogens (tertiary/aromatic N) is 4. The number of hydrogen-bond acceptors (Lipinski definition) is 4. The zero-order valence-electron chi connectivity index (χ0n) is 19.1. The highest BCUT2D eigenvalue weighted by Crippen LogP contribution is 2.40. The standard InChI is InChI=1S/C24H35N5O2/c1-4-17(5-2)28-11-8-20-19(14-28)24(31)29-22(25-20)13-21(26-29)16-6-9-27(10-7-16)23(30)18-12-15(18)3/h13,15-18,26H,4-12,14H2,1-3H3/t15-,18-/m0/s1. The quantitative estimate of drug-likeness (QED) is 0.799. The van der Waals surface area contributed by atoms with Crippen molar-refractivity contribution in [3.8, 4) is 0 Å². The summed E-state index contributed by atoms with van der Waals surface area (Å²) in [6.07, 6.45) is 5.99. The average molecular weight is 426 g/mol. The molecule has 2 fully saturated rings. The fourth-order valence-electron chi connectivity index (χ4n) is 5.66. The SMILES string of the molecule is CCC(CC)N1CCc2nc3cc(C4CCN(C(=O)[C@H]5C[C@@H]5C)CC4)[nH]n3c(=O)c2C1. The first-order valence-electron chi connectivity index (χ1n) is 12.2. The Hall–Kier alpha value is -2.15. The van der Waals surface area contributed by atoms with E-state index >= 15 is 0 Å². The van der Waals surface area contributed by atoms with Crippen LogP contribution in [0.5, 0.6) is 0 Å². The van der Waals surface area contributed by atoms with Gasteiger partial charge in [-0.2, -0.15) is 0 Å². The minimum Gasteiger partial charge on any atom is -0.342 e. The molecule has 168 valence electrons. The predicted molar refractivity (Wildman–Crippen MR) is 120 cm³/mol. The molecular weight excluding hydrogens is 390 g/mol. The smallest absolute Gasteiger partial charge is 0.277 e. The molecule has 0 radical (unpaired) electrons. The van der Waals surface area contributed by atoms with Gasteiger partial charge in [0.05, 0.1) is 11.3 Å².